The Hall–Kier alpha value is -2.88. The Morgan fingerprint density at radius 3 is 2.88 bits per heavy atom. The fourth-order valence-corrected chi connectivity index (χ4v) is 2.57. The number of aliphatic hydroxyl groups is 1. The zero-order valence-electron chi connectivity index (χ0n) is 13.3. The van der Waals surface area contributed by atoms with E-state index in [-0.39, 0.29) is 24.3 Å². The molecule has 0 aromatic carbocycles. The van der Waals surface area contributed by atoms with E-state index in [0.717, 1.165) is 13.0 Å². The van der Waals surface area contributed by atoms with Crippen LogP contribution in [0.15, 0.2) is 28.3 Å². The van der Waals surface area contributed by atoms with Crippen LogP contribution >= 0.6 is 0 Å². The highest BCUT2D eigenvalue weighted by Gasteiger charge is 2.16. The first-order valence-corrected chi connectivity index (χ1v) is 7.62. The third-order valence-electron chi connectivity index (χ3n) is 3.77. The van der Waals surface area contributed by atoms with Gasteiger partial charge in [0.2, 0.25) is 5.95 Å². The number of aliphatic hydroxyl groups excluding tert-OH is 1. The SMILES string of the molecule is Cn1c(=O)[nH]c(=O)c2c1nc(NCCCn1ccnc1)n2CCO. The van der Waals surface area contributed by atoms with Gasteiger partial charge in [-0.3, -0.25) is 14.3 Å². The molecule has 3 rings (SSSR count). The van der Waals surface area contributed by atoms with Crippen molar-refractivity contribution >= 4 is 17.1 Å². The first kappa shape index (κ1) is 16.0. The van der Waals surface area contributed by atoms with Crippen molar-refractivity contribution in [1.29, 1.82) is 0 Å². The monoisotopic (exact) mass is 333 g/mol. The number of imidazole rings is 2. The molecule has 10 heteroatoms. The van der Waals surface area contributed by atoms with Crippen LogP contribution in [0.5, 0.6) is 0 Å². The van der Waals surface area contributed by atoms with Crippen molar-refractivity contribution in [3.63, 3.8) is 0 Å². The Morgan fingerprint density at radius 2 is 2.17 bits per heavy atom. The first-order valence-electron chi connectivity index (χ1n) is 7.62. The zero-order valence-corrected chi connectivity index (χ0v) is 13.3. The Balaban J connectivity index is 1.85. The second-order valence-corrected chi connectivity index (χ2v) is 5.38. The van der Waals surface area contributed by atoms with Crippen LogP contribution in [-0.4, -0.2) is 46.9 Å². The van der Waals surface area contributed by atoms with Crippen molar-refractivity contribution in [2.75, 3.05) is 18.5 Å². The molecule has 3 heterocycles. The quantitative estimate of drug-likeness (QED) is 0.482. The van der Waals surface area contributed by atoms with Crippen LogP contribution in [0, 0.1) is 0 Å². The van der Waals surface area contributed by atoms with E-state index < -0.39 is 11.2 Å². The van der Waals surface area contributed by atoms with Crippen molar-refractivity contribution in [2.45, 2.75) is 19.5 Å². The predicted octanol–water partition coefficient (Wildman–Crippen LogP) is -0.886. The molecular formula is C14H19N7O3. The van der Waals surface area contributed by atoms with Gasteiger partial charge in [-0.2, -0.15) is 4.98 Å². The van der Waals surface area contributed by atoms with Crippen molar-refractivity contribution in [2.24, 2.45) is 7.05 Å². The summed E-state index contributed by atoms with van der Waals surface area (Å²) in [4.78, 5) is 34.4. The summed E-state index contributed by atoms with van der Waals surface area (Å²) in [6, 6.07) is 0. The maximum atomic E-state index is 12.1. The highest BCUT2D eigenvalue weighted by atomic mass is 16.3. The average molecular weight is 333 g/mol. The molecule has 0 spiro atoms. The maximum Gasteiger partial charge on any atom is 0.329 e. The largest absolute Gasteiger partial charge is 0.395 e. The van der Waals surface area contributed by atoms with Gasteiger partial charge >= 0.3 is 5.69 Å². The summed E-state index contributed by atoms with van der Waals surface area (Å²) in [5.74, 6) is 0.455. The van der Waals surface area contributed by atoms with Crippen molar-refractivity contribution < 1.29 is 5.11 Å². The second kappa shape index (κ2) is 6.71. The number of anilines is 1. The molecule has 0 saturated heterocycles. The Kier molecular flexibility index (Phi) is 4.47. The van der Waals surface area contributed by atoms with Crippen molar-refractivity contribution in [1.82, 2.24) is 28.7 Å². The van der Waals surface area contributed by atoms with Crippen LogP contribution in [0.25, 0.3) is 11.2 Å². The van der Waals surface area contributed by atoms with Crippen LogP contribution in [-0.2, 0) is 20.1 Å². The van der Waals surface area contributed by atoms with Gasteiger partial charge in [0.25, 0.3) is 5.56 Å². The molecule has 0 bridgehead atoms. The predicted molar refractivity (Wildman–Crippen MR) is 88.0 cm³/mol. The number of nitrogens with zero attached hydrogens (tertiary/aromatic N) is 5. The Morgan fingerprint density at radius 1 is 1.33 bits per heavy atom. The van der Waals surface area contributed by atoms with Crippen LogP contribution in [0.4, 0.5) is 5.95 Å². The van der Waals surface area contributed by atoms with E-state index in [9.17, 15) is 14.7 Å². The summed E-state index contributed by atoms with van der Waals surface area (Å²) < 4.78 is 4.83. The van der Waals surface area contributed by atoms with Crippen molar-refractivity contribution in [3.8, 4) is 0 Å². The molecule has 128 valence electrons. The van der Waals surface area contributed by atoms with Gasteiger partial charge in [-0.05, 0) is 6.42 Å². The van der Waals surface area contributed by atoms with Crippen molar-refractivity contribution in [3.05, 3.63) is 39.6 Å². The molecule has 10 nitrogen and oxygen atoms in total. The fourth-order valence-electron chi connectivity index (χ4n) is 2.57. The smallest absolute Gasteiger partial charge is 0.329 e. The average Bonchev–Trinajstić information content (AvgIpc) is 3.18. The molecule has 0 aliphatic carbocycles. The van der Waals surface area contributed by atoms with Crippen LogP contribution in [0.1, 0.15) is 6.42 Å². The van der Waals surface area contributed by atoms with Gasteiger partial charge in [0, 0.05) is 39.1 Å². The molecule has 24 heavy (non-hydrogen) atoms. The molecule has 3 aromatic rings. The molecule has 3 aromatic heterocycles. The minimum atomic E-state index is -0.521. The van der Waals surface area contributed by atoms with Gasteiger partial charge in [0.15, 0.2) is 11.2 Å². The highest BCUT2D eigenvalue weighted by molar-refractivity contribution is 5.74. The summed E-state index contributed by atoms with van der Waals surface area (Å²) in [5, 5.41) is 12.4. The lowest BCUT2D eigenvalue weighted by molar-refractivity contribution is 0.278. The number of aryl methyl sites for hydroxylation is 2. The van der Waals surface area contributed by atoms with Gasteiger partial charge in [0.1, 0.15) is 0 Å². The molecule has 0 aliphatic heterocycles. The van der Waals surface area contributed by atoms with E-state index in [0.29, 0.717) is 12.5 Å². The summed E-state index contributed by atoms with van der Waals surface area (Å²) >= 11 is 0. The number of hydrogen-bond acceptors (Lipinski definition) is 6. The van der Waals surface area contributed by atoms with E-state index >= 15 is 0 Å². The molecule has 0 saturated carbocycles. The number of rotatable bonds is 7. The maximum absolute atomic E-state index is 12.1. The van der Waals surface area contributed by atoms with E-state index in [4.69, 9.17) is 0 Å². The molecule has 0 radical (unpaired) electrons. The van der Waals surface area contributed by atoms with Gasteiger partial charge in [-0.1, -0.05) is 0 Å². The number of nitrogens with one attached hydrogen (secondary N) is 2. The minimum absolute atomic E-state index is 0.141. The summed E-state index contributed by atoms with van der Waals surface area (Å²) in [7, 11) is 1.54. The third kappa shape index (κ3) is 2.95. The lowest BCUT2D eigenvalue weighted by Gasteiger charge is -2.09. The van der Waals surface area contributed by atoms with Crippen LogP contribution in [0.2, 0.25) is 0 Å². The van der Waals surface area contributed by atoms with E-state index in [2.05, 4.69) is 20.3 Å². The Bertz CT molecular complexity index is 936. The summed E-state index contributed by atoms with van der Waals surface area (Å²) in [6.07, 6.45) is 6.18. The number of fused-ring (bicyclic) bond motifs is 1. The van der Waals surface area contributed by atoms with Gasteiger partial charge < -0.3 is 19.6 Å². The number of aromatic amines is 1. The first-order chi connectivity index (χ1) is 11.6. The molecular weight excluding hydrogens is 314 g/mol. The Labute approximate surface area is 136 Å². The lowest BCUT2D eigenvalue weighted by Crippen LogP contribution is -2.29. The molecule has 3 N–H and O–H groups in total. The summed E-state index contributed by atoms with van der Waals surface area (Å²) in [5.41, 5.74) is -0.481. The number of aromatic nitrogens is 6. The summed E-state index contributed by atoms with van der Waals surface area (Å²) in [6.45, 7) is 1.49. The molecule has 0 aliphatic rings. The topological polar surface area (TPSA) is 123 Å². The van der Waals surface area contributed by atoms with E-state index in [1.807, 2.05) is 10.8 Å². The third-order valence-corrected chi connectivity index (χ3v) is 3.77. The second-order valence-electron chi connectivity index (χ2n) is 5.38. The van der Waals surface area contributed by atoms with Gasteiger partial charge in [0.05, 0.1) is 12.9 Å². The molecule has 0 atom stereocenters. The van der Waals surface area contributed by atoms with Crippen LogP contribution in [0.3, 0.4) is 0 Å². The zero-order chi connectivity index (χ0) is 17.1. The fraction of sp³-hybridized carbons (Fsp3) is 0.429. The van der Waals surface area contributed by atoms with Crippen LogP contribution < -0.4 is 16.6 Å². The van der Waals surface area contributed by atoms with Gasteiger partial charge in [-0.15, -0.1) is 0 Å². The standard InChI is InChI=1S/C14H19N7O3/c1-19-11-10(12(23)18-14(19)24)21(7-8-22)13(17-11)16-3-2-5-20-6-4-15-9-20/h4,6,9,22H,2-3,5,7-8H2,1H3,(H,16,17)(H,18,23,24). The minimum Gasteiger partial charge on any atom is -0.395 e. The van der Waals surface area contributed by atoms with E-state index in [1.165, 1.54) is 4.57 Å². The van der Waals surface area contributed by atoms with E-state index in [1.54, 1.807) is 24.1 Å². The molecule has 0 fully saturated rings. The molecule has 0 unspecified atom stereocenters. The number of hydrogen-bond donors (Lipinski definition) is 3. The highest BCUT2D eigenvalue weighted by Crippen LogP contribution is 2.14. The lowest BCUT2D eigenvalue weighted by atomic mass is 10.4. The molecule has 0 amide bonds. The normalized spacial score (nSPS) is 11.2. The van der Waals surface area contributed by atoms with Gasteiger partial charge in [-0.25, -0.2) is 9.78 Å². The number of H-pyrrole nitrogens is 1.